The summed E-state index contributed by atoms with van der Waals surface area (Å²) in [4.78, 5) is 16.0. The minimum Gasteiger partial charge on any atom is -0.291 e. The predicted octanol–water partition coefficient (Wildman–Crippen LogP) is 2.14. The number of hydrogen-bond donors (Lipinski definition) is 1. The fourth-order valence-electron chi connectivity index (χ4n) is 1.39. The second kappa shape index (κ2) is 4.67. The molecule has 0 atom stereocenters. The maximum absolute atomic E-state index is 12.0. The molecular weight excluding hydrogens is 284 g/mol. The fourth-order valence-corrected chi connectivity index (χ4v) is 1.82. The highest BCUT2D eigenvalue weighted by molar-refractivity contribution is 9.10. The summed E-state index contributed by atoms with van der Waals surface area (Å²) in [5.41, 5.74) is 1.60. The number of nitrogens with zero attached hydrogens (tertiary/aromatic N) is 3. The molecule has 5 nitrogen and oxygen atoms in total. The Labute approximate surface area is 107 Å². The summed E-state index contributed by atoms with van der Waals surface area (Å²) in [5.74, 6) is 0.208. The van der Waals surface area contributed by atoms with Gasteiger partial charge in [0.15, 0.2) is 0 Å². The second-order valence-corrected chi connectivity index (χ2v) is 4.50. The van der Waals surface area contributed by atoms with Crippen LogP contribution < -0.4 is 5.32 Å². The van der Waals surface area contributed by atoms with Crippen LogP contribution in [0.15, 0.2) is 29.0 Å². The van der Waals surface area contributed by atoms with Crippen molar-refractivity contribution in [1.82, 2.24) is 14.8 Å². The lowest BCUT2D eigenvalue weighted by atomic mass is 10.1. The summed E-state index contributed by atoms with van der Waals surface area (Å²) in [7, 11) is 1.72. The molecule has 1 heterocycles. The molecule has 88 valence electrons. The van der Waals surface area contributed by atoms with Gasteiger partial charge in [-0.15, -0.1) is 0 Å². The van der Waals surface area contributed by atoms with Gasteiger partial charge in [-0.25, -0.2) is 4.68 Å². The maximum Gasteiger partial charge on any atom is 0.259 e. The molecule has 0 spiro atoms. The van der Waals surface area contributed by atoms with Crippen molar-refractivity contribution in [3.63, 3.8) is 0 Å². The minimum absolute atomic E-state index is 0.211. The zero-order valence-corrected chi connectivity index (χ0v) is 11.0. The number of benzene rings is 1. The largest absolute Gasteiger partial charge is 0.291 e. The summed E-state index contributed by atoms with van der Waals surface area (Å²) < 4.78 is 2.25. The van der Waals surface area contributed by atoms with Crippen molar-refractivity contribution >= 4 is 27.8 Å². The molecule has 0 saturated carbocycles. The van der Waals surface area contributed by atoms with Gasteiger partial charge in [0.25, 0.3) is 5.91 Å². The van der Waals surface area contributed by atoms with Crippen molar-refractivity contribution in [3.8, 4) is 0 Å². The van der Waals surface area contributed by atoms with Crippen LogP contribution in [0.2, 0.25) is 0 Å². The van der Waals surface area contributed by atoms with Crippen LogP contribution in [0.4, 0.5) is 5.95 Å². The quantitative estimate of drug-likeness (QED) is 0.923. The van der Waals surface area contributed by atoms with Crippen molar-refractivity contribution in [2.75, 3.05) is 5.32 Å². The predicted molar refractivity (Wildman–Crippen MR) is 67.8 cm³/mol. The van der Waals surface area contributed by atoms with Crippen LogP contribution in [0.1, 0.15) is 15.9 Å². The van der Waals surface area contributed by atoms with Crippen LogP contribution in [0.25, 0.3) is 0 Å². The van der Waals surface area contributed by atoms with Gasteiger partial charge >= 0.3 is 0 Å². The molecule has 0 bridgehead atoms. The Balaban J connectivity index is 2.26. The number of carbonyl (C=O) groups excluding carboxylic acids is 1. The van der Waals surface area contributed by atoms with Gasteiger partial charge in [0.1, 0.15) is 6.33 Å². The van der Waals surface area contributed by atoms with E-state index in [0.717, 1.165) is 10.0 Å². The number of rotatable bonds is 2. The Morgan fingerprint density at radius 3 is 2.88 bits per heavy atom. The van der Waals surface area contributed by atoms with E-state index in [-0.39, 0.29) is 5.91 Å². The van der Waals surface area contributed by atoms with Crippen LogP contribution >= 0.6 is 15.9 Å². The average Bonchev–Trinajstić information content (AvgIpc) is 2.68. The zero-order chi connectivity index (χ0) is 12.4. The van der Waals surface area contributed by atoms with E-state index in [4.69, 9.17) is 0 Å². The molecular formula is C11H11BrN4O. The van der Waals surface area contributed by atoms with E-state index in [2.05, 4.69) is 31.3 Å². The first-order valence-corrected chi connectivity index (χ1v) is 5.78. The maximum atomic E-state index is 12.0. The fraction of sp³-hybridized carbons (Fsp3) is 0.182. The summed E-state index contributed by atoms with van der Waals surface area (Å²) in [6, 6.07) is 5.60. The molecule has 1 aromatic carbocycles. The number of carbonyl (C=O) groups is 1. The molecule has 2 aromatic rings. The Morgan fingerprint density at radius 2 is 2.24 bits per heavy atom. The third kappa shape index (κ3) is 2.52. The first-order chi connectivity index (χ1) is 8.08. The lowest BCUT2D eigenvalue weighted by Crippen LogP contribution is -2.16. The van der Waals surface area contributed by atoms with Gasteiger partial charge in [0, 0.05) is 11.5 Å². The van der Waals surface area contributed by atoms with Gasteiger partial charge in [0.05, 0.1) is 5.56 Å². The van der Waals surface area contributed by atoms with E-state index >= 15 is 0 Å². The molecule has 0 fully saturated rings. The number of amides is 1. The van der Waals surface area contributed by atoms with Crippen molar-refractivity contribution < 1.29 is 4.79 Å². The first-order valence-electron chi connectivity index (χ1n) is 4.99. The van der Waals surface area contributed by atoms with Gasteiger partial charge < -0.3 is 0 Å². The van der Waals surface area contributed by atoms with Crippen LogP contribution in [-0.4, -0.2) is 20.7 Å². The third-order valence-electron chi connectivity index (χ3n) is 2.30. The lowest BCUT2D eigenvalue weighted by molar-refractivity contribution is 0.102. The lowest BCUT2D eigenvalue weighted by Gasteiger charge is -2.06. The smallest absolute Gasteiger partial charge is 0.259 e. The van der Waals surface area contributed by atoms with Gasteiger partial charge in [-0.05, 0) is 35.0 Å². The Hall–Kier alpha value is -1.69. The molecule has 0 aliphatic heterocycles. The number of aromatic nitrogens is 3. The van der Waals surface area contributed by atoms with E-state index in [1.807, 2.05) is 25.1 Å². The third-order valence-corrected chi connectivity index (χ3v) is 2.99. The van der Waals surface area contributed by atoms with Gasteiger partial charge in [0.2, 0.25) is 5.95 Å². The molecule has 1 amide bonds. The molecule has 17 heavy (non-hydrogen) atoms. The Bertz CT molecular complexity index is 564. The second-order valence-electron chi connectivity index (χ2n) is 3.64. The van der Waals surface area contributed by atoms with E-state index in [1.165, 1.54) is 11.0 Å². The number of anilines is 1. The Morgan fingerprint density at radius 1 is 1.47 bits per heavy atom. The van der Waals surface area contributed by atoms with Gasteiger partial charge in [-0.3, -0.25) is 10.1 Å². The summed E-state index contributed by atoms with van der Waals surface area (Å²) in [5, 5.41) is 6.58. The van der Waals surface area contributed by atoms with Crippen molar-refractivity contribution in [2.24, 2.45) is 7.05 Å². The number of halogens is 1. The van der Waals surface area contributed by atoms with E-state index in [9.17, 15) is 4.79 Å². The Kier molecular flexibility index (Phi) is 3.23. The molecule has 0 radical (unpaired) electrons. The van der Waals surface area contributed by atoms with Crippen LogP contribution in [-0.2, 0) is 7.05 Å². The molecule has 1 aromatic heterocycles. The number of nitrogens with one attached hydrogen (secondary N) is 1. The molecule has 0 unspecified atom stereocenters. The van der Waals surface area contributed by atoms with E-state index in [1.54, 1.807) is 7.05 Å². The van der Waals surface area contributed by atoms with Crippen LogP contribution in [0.3, 0.4) is 0 Å². The summed E-state index contributed by atoms with van der Waals surface area (Å²) in [6.45, 7) is 1.94. The molecule has 0 saturated heterocycles. The topological polar surface area (TPSA) is 59.8 Å². The normalized spacial score (nSPS) is 10.3. The standard InChI is InChI=1S/C11H11BrN4O/c1-7-3-4-9(12)8(5-7)10(17)15-11-13-6-14-16(11)2/h3-6H,1-2H3,(H,13,14,15,17). The minimum atomic E-state index is -0.211. The average molecular weight is 295 g/mol. The monoisotopic (exact) mass is 294 g/mol. The number of aryl methyl sites for hydroxylation is 2. The van der Waals surface area contributed by atoms with Crippen LogP contribution in [0, 0.1) is 6.92 Å². The van der Waals surface area contributed by atoms with E-state index < -0.39 is 0 Å². The van der Waals surface area contributed by atoms with Crippen LogP contribution in [0.5, 0.6) is 0 Å². The van der Waals surface area contributed by atoms with Crippen molar-refractivity contribution in [1.29, 1.82) is 0 Å². The zero-order valence-electron chi connectivity index (χ0n) is 9.44. The highest BCUT2D eigenvalue weighted by Gasteiger charge is 2.12. The molecule has 0 aliphatic carbocycles. The number of hydrogen-bond acceptors (Lipinski definition) is 3. The summed E-state index contributed by atoms with van der Waals surface area (Å²) in [6.07, 6.45) is 1.39. The van der Waals surface area contributed by atoms with Gasteiger partial charge in [-0.1, -0.05) is 11.6 Å². The van der Waals surface area contributed by atoms with Gasteiger partial charge in [-0.2, -0.15) is 10.1 Å². The van der Waals surface area contributed by atoms with E-state index in [0.29, 0.717) is 11.5 Å². The highest BCUT2D eigenvalue weighted by atomic mass is 79.9. The molecule has 6 heteroatoms. The van der Waals surface area contributed by atoms with Crippen molar-refractivity contribution in [2.45, 2.75) is 6.92 Å². The molecule has 1 N–H and O–H groups in total. The van der Waals surface area contributed by atoms with Crippen molar-refractivity contribution in [3.05, 3.63) is 40.1 Å². The first kappa shape index (κ1) is 11.8. The highest BCUT2D eigenvalue weighted by Crippen LogP contribution is 2.19. The molecule has 2 rings (SSSR count). The summed E-state index contributed by atoms with van der Waals surface area (Å²) >= 11 is 3.35. The molecule has 0 aliphatic rings. The SMILES string of the molecule is Cc1ccc(Br)c(C(=O)Nc2ncnn2C)c1.